The van der Waals surface area contributed by atoms with Crippen LogP contribution in [-0.2, 0) is 11.2 Å². The summed E-state index contributed by atoms with van der Waals surface area (Å²) >= 11 is 1.79. The van der Waals surface area contributed by atoms with E-state index in [2.05, 4.69) is 23.5 Å². The maximum atomic E-state index is 11.5. The third-order valence-electron chi connectivity index (χ3n) is 2.93. The van der Waals surface area contributed by atoms with Crippen molar-refractivity contribution in [3.63, 3.8) is 0 Å². The van der Waals surface area contributed by atoms with Crippen molar-refractivity contribution in [1.82, 2.24) is 5.32 Å². The molecule has 0 atom stereocenters. The van der Waals surface area contributed by atoms with Gasteiger partial charge in [0, 0.05) is 29.9 Å². The van der Waals surface area contributed by atoms with Gasteiger partial charge in [-0.15, -0.1) is 11.8 Å². The van der Waals surface area contributed by atoms with E-state index in [0.717, 1.165) is 31.0 Å². The van der Waals surface area contributed by atoms with Crippen LogP contribution in [0.2, 0.25) is 0 Å². The lowest BCUT2D eigenvalue weighted by atomic mass is 10.0. The maximum absolute atomic E-state index is 11.5. The molecular weight excluding hydrogens is 232 g/mol. The summed E-state index contributed by atoms with van der Waals surface area (Å²) in [6.45, 7) is 2.49. The number of aryl methyl sites for hydroxylation is 1. The van der Waals surface area contributed by atoms with Crippen LogP contribution in [0.5, 0.6) is 0 Å². The number of nitrogens with zero attached hydrogens (tertiary/aromatic N) is 1. The highest BCUT2D eigenvalue weighted by Gasteiger charge is 2.19. The summed E-state index contributed by atoms with van der Waals surface area (Å²) in [7, 11) is 1.95. The fourth-order valence-electron chi connectivity index (χ4n) is 2.15. The molecule has 3 nitrogen and oxygen atoms in total. The van der Waals surface area contributed by atoms with Gasteiger partial charge < -0.3 is 10.2 Å². The number of nitrogens with one attached hydrogen (secondary N) is 1. The second kappa shape index (κ2) is 5.56. The first kappa shape index (κ1) is 12.5. The highest BCUT2D eigenvalue weighted by Crippen LogP contribution is 2.31. The van der Waals surface area contributed by atoms with Crippen LogP contribution < -0.4 is 10.2 Å². The number of fused-ring (bicyclic) bond motifs is 1. The Labute approximate surface area is 107 Å². The Morgan fingerprint density at radius 1 is 1.53 bits per heavy atom. The molecule has 1 aliphatic heterocycles. The van der Waals surface area contributed by atoms with Crippen molar-refractivity contribution in [3.8, 4) is 0 Å². The zero-order chi connectivity index (χ0) is 12.3. The molecule has 0 spiro atoms. The SMILES string of the molecule is CNCSc1ccc2c(c1)CCCN2C(C)=O. The van der Waals surface area contributed by atoms with Crippen LogP contribution in [0.4, 0.5) is 5.69 Å². The zero-order valence-corrected chi connectivity index (χ0v) is 11.1. The van der Waals surface area contributed by atoms with Gasteiger partial charge in [0.2, 0.25) is 5.91 Å². The van der Waals surface area contributed by atoms with Crippen LogP contribution in [0.1, 0.15) is 18.9 Å². The molecule has 1 aromatic carbocycles. The van der Waals surface area contributed by atoms with Crippen molar-refractivity contribution < 1.29 is 4.79 Å². The van der Waals surface area contributed by atoms with Crippen LogP contribution in [0.25, 0.3) is 0 Å². The molecule has 1 heterocycles. The summed E-state index contributed by atoms with van der Waals surface area (Å²) in [5.41, 5.74) is 2.39. The molecule has 1 amide bonds. The molecule has 0 unspecified atom stereocenters. The summed E-state index contributed by atoms with van der Waals surface area (Å²) in [5, 5.41) is 3.12. The number of carbonyl (C=O) groups is 1. The number of carbonyl (C=O) groups excluding carboxylic acids is 1. The van der Waals surface area contributed by atoms with Crippen LogP contribution in [-0.4, -0.2) is 25.4 Å². The van der Waals surface area contributed by atoms with Crippen molar-refractivity contribution in [2.24, 2.45) is 0 Å². The minimum Gasteiger partial charge on any atom is -0.312 e. The Bertz CT molecular complexity index is 420. The number of amides is 1. The predicted molar refractivity (Wildman–Crippen MR) is 72.6 cm³/mol. The zero-order valence-electron chi connectivity index (χ0n) is 10.3. The van der Waals surface area contributed by atoms with Crippen LogP contribution in [0, 0.1) is 0 Å². The lowest BCUT2D eigenvalue weighted by Crippen LogP contribution is -2.33. The third-order valence-corrected chi connectivity index (χ3v) is 3.95. The second-order valence-corrected chi connectivity index (χ2v) is 5.26. The van der Waals surface area contributed by atoms with Gasteiger partial charge in [0.05, 0.1) is 0 Å². The first-order chi connectivity index (χ1) is 8.22. The number of rotatable bonds is 3. The van der Waals surface area contributed by atoms with E-state index in [0.29, 0.717) is 0 Å². The Kier molecular flexibility index (Phi) is 4.07. The highest BCUT2D eigenvalue weighted by molar-refractivity contribution is 7.99. The van der Waals surface area contributed by atoms with Crippen LogP contribution in [0.15, 0.2) is 23.1 Å². The van der Waals surface area contributed by atoms with Crippen molar-refractivity contribution in [1.29, 1.82) is 0 Å². The van der Waals surface area contributed by atoms with E-state index in [1.807, 2.05) is 11.9 Å². The predicted octanol–water partition coefficient (Wildman–Crippen LogP) is 2.25. The van der Waals surface area contributed by atoms with E-state index in [-0.39, 0.29) is 5.91 Å². The Hall–Kier alpha value is -1.00. The van der Waals surface area contributed by atoms with E-state index < -0.39 is 0 Å². The fourth-order valence-corrected chi connectivity index (χ4v) is 2.85. The van der Waals surface area contributed by atoms with Gasteiger partial charge in [-0.1, -0.05) is 0 Å². The molecule has 92 valence electrons. The van der Waals surface area contributed by atoms with Crippen molar-refractivity contribution >= 4 is 23.4 Å². The molecule has 0 saturated heterocycles. The van der Waals surface area contributed by atoms with Gasteiger partial charge >= 0.3 is 0 Å². The number of benzene rings is 1. The monoisotopic (exact) mass is 250 g/mol. The molecule has 2 rings (SSSR count). The van der Waals surface area contributed by atoms with Gasteiger partial charge in [-0.2, -0.15) is 0 Å². The van der Waals surface area contributed by atoms with Gasteiger partial charge in [-0.3, -0.25) is 4.79 Å². The van der Waals surface area contributed by atoms with E-state index in [1.54, 1.807) is 18.7 Å². The van der Waals surface area contributed by atoms with Gasteiger partial charge in [-0.25, -0.2) is 0 Å². The van der Waals surface area contributed by atoms with Gasteiger partial charge in [0.15, 0.2) is 0 Å². The fraction of sp³-hybridized carbons (Fsp3) is 0.462. The molecule has 0 aliphatic carbocycles. The Balaban J connectivity index is 2.23. The van der Waals surface area contributed by atoms with Gasteiger partial charge in [0.1, 0.15) is 0 Å². The van der Waals surface area contributed by atoms with Crippen molar-refractivity contribution in [3.05, 3.63) is 23.8 Å². The molecule has 0 radical (unpaired) electrons. The normalized spacial score (nSPS) is 14.6. The van der Waals surface area contributed by atoms with E-state index >= 15 is 0 Å². The minimum atomic E-state index is 0.140. The number of hydrogen-bond acceptors (Lipinski definition) is 3. The lowest BCUT2D eigenvalue weighted by molar-refractivity contribution is -0.116. The number of anilines is 1. The molecule has 17 heavy (non-hydrogen) atoms. The summed E-state index contributed by atoms with van der Waals surface area (Å²) in [4.78, 5) is 14.7. The lowest BCUT2D eigenvalue weighted by Gasteiger charge is -2.28. The highest BCUT2D eigenvalue weighted by atomic mass is 32.2. The summed E-state index contributed by atoms with van der Waals surface area (Å²) in [5.74, 6) is 1.05. The topological polar surface area (TPSA) is 32.3 Å². The quantitative estimate of drug-likeness (QED) is 0.659. The summed E-state index contributed by atoms with van der Waals surface area (Å²) < 4.78 is 0. The molecule has 0 bridgehead atoms. The second-order valence-electron chi connectivity index (χ2n) is 4.21. The Morgan fingerprint density at radius 3 is 3.06 bits per heavy atom. The van der Waals surface area contributed by atoms with E-state index in [1.165, 1.54) is 10.5 Å². The largest absolute Gasteiger partial charge is 0.312 e. The molecule has 1 aliphatic rings. The van der Waals surface area contributed by atoms with Gasteiger partial charge in [0.25, 0.3) is 0 Å². The molecule has 0 saturated carbocycles. The smallest absolute Gasteiger partial charge is 0.223 e. The standard InChI is InChI=1S/C13H18N2OS/c1-10(16)15-7-3-4-11-8-12(17-9-14-2)5-6-13(11)15/h5-6,8,14H,3-4,7,9H2,1-2H3. The first-order valence-corrected chi connectivity index (χ1v) is 6.89. The molecule has 0 fully saturated rings. The number of hydrogen-bond donors (Lipinski definition) is 1. The molecule has 0 aromatic heterocycles. The summed E-state index contributed by atoms with van der Waals surface area (Å²) in [6.07, 6.45) is 2.14. The number of thioether (sulfide) groups is 1. The van der Waals surface area contributed by atoms with Gasteiger partial charge in [-0.05, 0) is 43.7 Å². The van der Waals surface area contributed by atoms with Crippen molar-refractivity contribution in [2.75, 3.05) is 24.4 Å². The van der Waals surface area contributed by atoms with Crippen LogP contribution in [0.3, 0.4) is 0 Å². The molecule has 1 aromatic rings. The molecule has 1 N–H and O–H groups in total. The molecular formula is C13H18N2OS. The van der Waals surface area contributed by atoms with Crippen LogP contribution >= 0.6 is 11.8 Å². The molecule has 4 heteroatoms. The van der Waals surface area contributed by atoms with Crippen molar-refractivity contribution in [2.45, 2.75) is 24.7 Å². The third kappa shape index (κ3) is 2.82. The average Bonchev–Trinajstić information content (AvgIpc) is 2.35. The van der Waals surface area contributed by atoms with E-state index in [9.17, 15) is 4.79 Å². The maximum Gasteiger partial charge on any atom is 0.223 e. The minimum absolute atomic E-state index is 0.140. The average molecular weight is 250 g/mol. The Morgan fingerprint density at radius 2 is 2.35 bits per heavy atom. The van der Waals surface area contributed by atoms with E-state index in [4.69, 9.17) is 0 Å². The first-order valence-electron chi connectivity index (χ1n) is 5.91. The summed E-state index contributed by atoms with van der Waals surface area (Å²) in [6, 6.07) is 6.39.